The molecule has 4 unspecified atom stereocenters. The molecule has 8 heteroatoms. The van der Waals surface area contributed by atoms with Crippen LogP contribution in [0.4, 0.5) is 0 Å². The molecule has 0 aromatic heterocycles. The summed E-state index contributed by atoms with van der Waals surface area (Å²) in [6.45, 7) is 1.82. The van der Waals surface area contributed by atoms with Crippen LogP contribution in [0.5, 0.6) is 28.7 Å². The maximum absolute atomic E-state index is 11.3. The first-order valence-corrected chi connectivity index (χ1v) is 13.0. The molecular weight excluding hydrogens is 484 g/mol. The first-order valence-electron chi connectivity index (χ1n) is 13.0. The van der Waals surface area contributed by atoms with Crippen molar-refractivity contribution in [2.24, 2.45) is 0 Å². The van der Waals surface area contributed by atoms with Gasteiger partial charge in [-0.2, -0.15) is 0 Å². The SMILES string of the molecule is COc1cc(C2Oc3cc(OC)c4c(c3CC2O)C(CC[NH+]2C=CNC2)Cc2cc(O)ccc2-4)ccc1O. The molecule has 4 atom stereocenters. The van der Waals surface area contributed by atoms with E-state index in [0.29, 0.717) is 23.7 Å². The van der Waals surface area contributed by atoms with Gasteiger partial charge in [0.2, 0.25) is 0 Å². The molecular formula is C30H33N2O6+. The minimum absolute atomic E-state index is 0.0374. The summed E-state index contributed by atoms with van der Waals surface area (Å²) in [5, 5.41) is 34.9. The number of benzene rings is 3. The zero-order valence-corrected chi connectivity index (χ0v) is 21.5. The Morgan fingerprint density at radius 3 is 2.63 bits per heavy atom. The van der Waals surface area contributed by atoms with Gasteiger partial charge in [-0.05, 0) is 58.9 Å². The van der Waals surface area contributed by atoms with Crippen molar-refractivity contribution < 1.29 is 34.4 Å². The van der Waals surface area contributed by atoms with Crippen LogP contribution in [0, 0.1) is 0 Å². The second-order valence-electron chi connectivity index (χ2n) is 10.2. The first kappa shape index (κ1) is 24.5. The normalized spacial score (nSPS) is 23.0. The van der Waals surface area contributed by atoms with Crippen molar-refractivity contribution in [1.29, 1.82) is 0 Å². The van der Waals surface area contributed by atoms with E-state index < -0.39 is 12.2 Å². The third kappa shape index (κ3) is 4.19. The lowest BCUT2D eigenvalue weighted by Crippen LogP contribution is -3.07. The van der Waals surface area contributed by atoms with Crippen LogP contribution in [0.25, 0.3) is 11.1 Å². The van der Waals surface area contributed by atoms with Gasteiger partial charge in [0.25, 0.3) is 0 Å². The van der Waals surface area contributed by atoms with Gasteiger partial charge >= 0.3 is 0 Å². The summed E-state index contributed by atoms with van der Waals surface area (Å²) < 4.78 is 17.7. The Bertz CT molecular complexity index is 1400. The molecule has 1 aliphatic carbocycles. The van der Waals surface area contributed by atoms with E-state index in [1.807, 2.05) is 24.4 Å². The Kier molecular flexibility index (Phi) is 6.29. The Hall–Kier alpha value is -3.88. The standard InChI is InChI=1S/C30H32N2O6/c1-36-26-13-18(3-6-23(26)34)30-24(35)14-22-25(38-30)15-27(37-2)29-21-5-4-20(33)12-19(21)11-17(28(22)29)7-9-32-10-8-31-16-32/h3-6,8,10,12-13,15,17,24,30-31,33-35H,7,9,11,14,16H2,1-2H3/p+1. The second kappa shape index (κ2) is 9.78. The van der Waals surface area contributed by atoms with Crippen LogP contribution in [-0.4, -0.2) is 48.9 Å². The van der Waals surface area contributed by atoms with Gasteiger partial charge in [0.05, 0.1) is 33.1 Å². The molecule has 3 aliphatic rings. The van der Waals surface area contributed by atoms with E-state index in [2.05, 4.69) is 11.5 Å². The molecule has 198 valence electrons. The first-order chi connectivity index (χ1) is 18.5. The van der Waals surface area contributed by atoms with E-state index in [4.69, 9.17) is 14.2 Å². The van der Waals surface area contributed by atoms with Crippen molar-refractivity contribution in [1.82, 2.24) is 5.32 Å². The topological polar surface area (TPSA) is 105 Å². The van der Waals surface area contributed by atoms with Gasteiger partial charge in [-0.25, -0.2) is 0 Å². The van der Waals surface area contributed by atoms with Crippen molar-refractivity contribution in [3.8, 4) is 39.9 Å². The molecule has 0 radical (unpaired) electrons. The number of ether oxygens (including phenoxy) is 3. The molecule has 38 heavy (non-hydrogen) atoms. The number of hydrogen-bond donors (Lipinski definition) is 5. The summed E-state index contributed by atoms with van der Waals surface area (Å²) >= 11 is 0. The fourth-order valence-electron chi connectivity index (χ4n) is 6.16. The molecule has 6 rings (SSSR count). The molecule has 0 bridgehead atoms. The third-order valence-corrected chi connectivity index (χ3v) is 7.98. The van der Waals surface area contributed by atoms with Gasteiger partial charge in [0.1, 0.15) is 29.6 Å². The predicted molar refractivity (Wildman–Crippen MR) is 142 cm³/mol. The van der Waals surface area contributed by atoms with Crippen LogP contribution in [0.2, 0.25) is 0 Å². The summed E-state index contributed by atoms with van der Waals surface area (Å²) in [4.78, 5) is 1.36. The number of aliphatic hydroxyl groups excluding tert-OH is 1. The number of phenolic OH excluding ortho intramolecular Hbond substituents is 2. The van der Waals surface area contributed by atoms with E-state index >= 15 is 0 Å². The number of fused-ring (bicyclic) bond motifs is 5. The van der Waals surface area contributed by atoms with Crippen molar-refractivity contribution in [2.75, 3.05) is 27.4 Å². The van der Waals surface area contributed by atoms with E-state index in [9.17, 15) is 15.3 Å². The number of rotatable bonds is 6. The Morgan fingerprint density at radius 1 is 1.03 bits per heavy atom. The Balaban J connectivity index is 1.45. The molecule has 0 fully saturated rings. The molecule has 3 aromatic rings. The number of methoxy groups -OCH3 is 2. The smallest absolute Gasteiger partial charge is 0.160 e. The minimum atomic E-state index is -0.785. The van der Waals surface area contributed by atoms with E-state index in [-0.39, 0.29) is 17.4 Å². The predicted octanol–water partition coefficient (Wildman–Crippen LogP) is 2.77. The lowest BCUT2D eigenvalue weighted by atomic mass is 9.73. The molecule has 2 aliphatic heterocycles. The lowest BCUT2D eigenvalue weighted by Gasteiger charge is -2.37. The van der Waals surface area contributed by atoms with Gasteiger partial charge in [0.15, 0.2) is 18.2 Å². The number of aliphatic hydroxyl groups is 1. The molecule has 8 nitrogen and oxygen atoms in total. The Labute approximate surface area is 221 Å². The summed E-state index contributed by atoms with van der Waals surface area (Å²) in [5.74, 6) is 2.21. The third-order valence-electron chi connectivity index (χ3n) is 7.98. The number of quaternary nitrogens is 1. The highest BCUT2D eigenvalue weighted by molar-refractivity contribution is 5.83. The fraction of sp³-hybridized carbons (Fsp3) is 0.333. The van der Waals surface area contributed by atoms with Gasteiger partial charge in [-0.3, -0.25) is 4.90 Å². The van der Waals surface area contributed by atoms with Crippen LogP contribution in [0.3, 0.4) is 0 Å². The highest BCUT2D eigenvalue weighted by Gasteiger charge is 2.38. The zero-order valence-electron chi connectivity index (χ0n) is 21.5. The summed E-state index contributed by atoms with van der Waals surface area (Å²) in [7, 11) is 3.16. The highest BCUT2D eigenvalue weighted by atomic mass is 16.5. The highest BCUT2D eigenvalue weighted by Crippen LogP contribution is 2.53. The monoisotopic (exact) mass is 517 g/mol. The van der Waals surface area contributed by atoms with E-state index in [0.717, 1.165) is 59.4 Å². The molecule has 0 saturated heterocycles. The second-order valence-corrected chi connectivity index (χ2v) is 10.2. The maximum Gasteiger partial charge on any atom is 0.160 e. The molecule has 3 aromatic carbocycles. The molecule has 0 saturated carbocycles. The van der Waals surface area contributed by atoms with E-state index in [1.165, 1.54) is 12.0 Å². The van der Waals surface area contributed by atoms with Crippen LogP contribution in [-0.2, 0) is 12.8 Å². The summed E-state index contributed by atoms with van der Waals surface area (Å²) in [5.41, 5.74) is 6.05. The molecule has 2 heterocycles. The molecule has 5 N–H and O–H groups in total. The van der Waals surface area contributed by atoms with Gasteiger partial charge in [-0.1, -0.05) is 12.1 Å². The van der Waals surface area contributed by atoms with Crippen LogP contribution >= 0.6 is 0 Å². The maximum atomic E-state index is 11.3. The number of nitrogens with one attached hydrogen (secondary N) is 2. The number of hydrogen-bond acceptors (Lipinski definition) is 7. The lowest BCUT2D eigenvalue weighted by molar-refractivity contribution is -0.843. The average molecular weight is 518 g/mol. The van der Waals surface area contributed by atoms with Gasteiger partial charge in [0, 0.05) is 30.0 Å². The molecule has 0 spiro atoms. The number of phenols is 2. The quantitative estimate of drug-likeness (QED) is 0.343. The zero-order chi connectivity index (χ0) is 26.4. The van der Waals surface area contributed by atoms with Crippen LogP contribution < -0.4 is 24.4 Å². The van der Waals surface area contributed by atoms with Crippen LogP contribution in [0.1, 0.15) is 40.7 Å². The van der Waals surface area contributed by atoms with Crippen LogP contribution in [0.15, 0.2) is 54.9 Å². The number of aromatic hydroxyl groups is 2. The van der Waals surface area contributed by atoms with Gasteiger partial charge in [-0.15, -0.1) is 0 Å². The average Bonchev–Trinajstić information content (AvgIpc) is 3.45. The largest absolute Gasteiger partial charge is 0.508 e. The summed E-state index contributed by atoms with van der Waals surface area (Å²) in [6, 6.07) is 12.5. The van der Waals surface area contributed by atoms with Crippen molar-refractivity contribution in [3.05, 3.63) is 77.1 Å². The molecule has 0 amide bonds. The van der Waals surface area contributed by atoms with Gasteiger partial charge < -0.3 is 34.8 Å². The van der Waals surface area contributed by atoms with Crippen molar-refractivity contribution >= 4 is 0 Å². The van der Waals surface area contributed by atoms with E-state index in [1.54, 1.807) is 31.4 Å². The summed E-state index contributed by atoms with van der Waals surface area (Å²) in [6.07, 6.45) is 4.88. The fourth-order valence-corrected chi connectivity index (χ4v) is 6.16. The Morgan fingerprint density at radius 2 is 1.87 bits per heavy atom. The minimum Gasteiger partial charge on any atom is -0.508 e. The van der Waals surface area contributed by atoms with Crippen molar-refractivity contribution in [3.63, 3.8) is 0 Å². The van der Waals surface area contributed by atoms with Crippen molar-refractivity contribution in [2.45, 2.75) is 37.4 Å².